The molecule has 538 valence electrons. The molecule has 8 N–H and O–H groups in total. The molecule has 0 fully saturated rings. The molecule has 0 saturated heterocycles. The van der Waals surface area contributed by atoms with Crippen molar-refractivity contribution in [2.24, 2.45) is 0 Å². The molecule has 19 heteroatoms. The average Bonchev–Trinajstić information content (AvgIpc) is 1.66. The van der Waals surface area contributed by atoms with E-state index in [-0.39, 0.29) is 5.91 Å². The van der Waals surface area contributed by atoms with E-state index in [0.29, 0.717) is 17.6 Å². The number of rotatable bonds is 18. The number of hydrogen-bond acceptors (Lipinski definition) is 18. The molecule has 0 radical (unpaired) electrons. The minimum atomic E-state index is 0.0385. The molecular formula is C85H97N13OS5. The van der Waals surface area contributed by atoms with Gasteiger partial charge in [0.1, 0.15) is 0 Å². The van der Waals surface area contributed by atoms with Crippen LogP contribution in [0.3, 0.4) is 0 Å². The van der Waals surface area contributed by atoms with Crippen LogP contribution in [0.1, 0.15) is 139 Å². The molecule has 14 aromatic rings. The van der Waals surface area contributed by atoms with E-state index in [2.05, 4.69) is 140 Å². The van der Waals surface area contributed by atoms with Gasteiger partial charge in [0.05, 0.1) is 51.1 Å². The minimum absolute atomic E-state index is 0.0385. The first-order chi connectivity index (χ1) is 50.3. The number of thiazole rings is 5. The highest BCUT2D eigenvalue weighted by molar-refractivity contribution is 7.24. The lowest BCUT2D eigenvalue weighted by Gasteiger charge is -2.11. The summed E-state index contributed by atoms with van der Waals surface area (Å²) in [5.41, 5.74) is 18.7. The van der Waals surface area contributed by atoms with Crippen LogP contribution in [0.2, 0.25) is 0 Å². The van der Waals surface area contributed by atoms with Gasteiger partial charge < -0.3 is 42.9 Å². The third-order valence-electron chi connectivity index (χ3n) is 15.9. The molecule has 14 nitrogen and oxygen atoms in total. The molecule has 0 aliphatic carbocycles. The lowest BCUT2D eigenvalue weighted by Crippen LogP contribution is -2.14. The Morgan fingerprint density at radius 3 is 1.00 bits per heavy atom. The Hall–Kier alpha value is -10.0. The molecule has 1 unspecified atom stereocenters. The molecule has 0 spiro atoms. The van der Waals surface area contributed by atoms with Crippen LogP contribution < -0.4 is 21.3 Å². The monoisotopic (exact) mass is 1480 g/mol. The zero-order chi connectivity index (χ0) is 74.8. The van der Waals surface area contributed by atoms with E-state index in [1.54, 1.807) is 45.3 Å². The summed E-state index contributed by atoms with van der Waals surface area (Å²) < 4.78 is 5.99. The number of carbonyl (C=O) groups excluding carboxylic acids is 1. The first-order valence-electron chi connectivity index (χ1n) is 35.0. The van der Waals surface area contributed by atoms with Gasteiger partial charge in [-0.25, -0.2) is 24.9 Å². The molecule has 1 atom stereocenters. The van der Waals surface area contributed by atoms with Gasteiger partial charge in [-0.1, -0.05) is 252 Å². The Balaban J connectivity index is 0.000000168. The summed E-state index contributed by atoms with van der Waals surface area (Å²) in [5.74, 6) is 0.0385. The van der Waals surface area contributed by atoms with E-state index in [4.69, 9.17) is 21.6 Å². The maximum atomic E-state index is 11.3. The molecule has 0 aliphatic heterocycles. The van der Waals surface area contributed by atoms with E-state index in [0.717, 1.165) is 88.0 Å². The highest BCUT2D eigenvalue weighted by Gasteiger charge is 2.10. The Morgan fingerprint density at radius 1 is 0.385 bits per heavy atom. The van der Waals surface area contributed by atoms with Gasteiger partial charge in [0.2, 0.25) is 5.91 Å². The largest absolute Gasteiger partial charge is 0.361 e. The SMILES string of the molecule is CCCC(=O)Nc1nc2ccccc2s1.CCCCC(C)Nc1nc2ccccc2s1.CCCCNc1nc2ccccc2s1.Cc1ccc(C)c(C=N)c1.Cc1ccc(C)c(C=N)c1.Cc1ccc(C)c(C=N)c1.Cc1ccc(C)c(C=N)c1.c1ccc2sc(Nc3nc4ccccc4s3)nc2c1. The van der Waals surface area contributed by atoms with Crippen LogP contribution >= 0.6 is 56.7 Å². The number of amides is 1. The number of carbonyl (C=O) groups is 1. The number of hydrogen-bond donors (Lipinski definition) is 8. The molecule has 0 bridgehead atoms. The number of benzene rings is 9. The van der Waals surface area contributed by atoms with Crippen LogP contribution in [0, 0.1) is 77.0 Å². The molecule has 5 heterocycles. The van der Waals surface area contributed by atoms with Gasteiger partial charge in [-0.15, -0.1) is 0 Å². The summed E-state index contributed by atoms with van der Waals surface area (Å²) in [6, 6.07) is 65.6. The van der Waals surface area contributed by atoms with E-state index in [9.17, 15) is 4.79 Å². The third-order valence-corrected chi connectivity index (χ3v) is 20.8. The number of anilines is 5. The highest BCUT2D eigenvalue weighted by atomic mass is 32.1. The third kappa shape index (κ3) is 26.7. The van der Waals surface area contributed by atoms with Gasteiger partial charge in [-0.05, 0) is 187 Å². The minimum Gasteiger partial charge on any atom is -0.361 e. The number of nitrogens with one attached hydrogen (secondary N) is 8. The lowest BCUT2D eigenvalue weighted by atomic mass is 10.1. The van der Waals surface area contributed by atoms with Gasteiger partial charge in [-0.2, -0.15) is 0 Å². The summed E-state index contributed by atoms with van der Waals surface area (Å²) in [6.45, 7) is 25.8. The van der Waals surface area contributed by atoms with Crippen LogP contribution in [0.25, 0.3) is 51.1 Å². The molecule has 0 saturated carbocycles. The first-order valence-corrected chi connectivity index (χ1v) is 39.1. The van der Waals surface area contributed by atoms with Crippen molar-refractivity contribution in [2.75, 3.05) is 27.8 Å². The standard InChI is InChI=1S/C14H9N3S2.C13H18N2S.C11H12N2OS.C11H14N2S.4C9H11N/c1-3-7-11-9(5-1)15-13(18-11)17-14-16-10-6-2-4-8-12(10)19-14;1-3-4-7-10(2)14-13-15-11-8-5-6-9-12(11)16-13;1-2-5-10(14)13-11-12-8-6-3-4-7-9(8)15-11;1-2-3-8-12-11-13-9-6-4-5-7-10(9)14-11;4*1-7-3-4-8(2)9(5-7)6-10/h1-8H,(H,15,16,17);5-6,8-10H,3-4,7H2,1-2H3,(H,14,15);3-4,6-7H,2,5H2,1H3,(H,12,13,14);4-7H,2-3,8H2,1H3,(H,12,13);4*3-6,10H,1-2H3. The predicted octanol–water partition coefficient (Wildman–Crippen LogP) is 24.7. The van der Waals surface area contributed by atoms with Gasteiger partial charge in [-0.3, -0.25) is 4.79 Å². The fraction of sp³-hybridized carbons (Fsp3) is 0.247. The summed E-state index contributed by atoms with van der Waals surface area (Å²) in [4.78, 5) is 33.8. The van der Waals surface area contributed by atoms with Crippen molar-refractivity contribution in [1.82, 2.24) is 24.9 Å². The van der Waals surface area contributed by atoms with E-state index in [1.807, 2.05) is 184 Å². The summed E-state index contributed by atoms with van der Waals surface area (Å²) in [5, 5.41) is 45.7. The van der Waals surface area contributed by atoms with Crippen molar-refractivity contribution in [3.05, 3.63) is 261 Å². The second kappa shape index (κ2) is 43.2. The summed E-state index contributed by atoms with van der Waals surface area (Å²) >= 11 is 8.26. The fourth-order valence-corrected chi connectivity index (χ4v) is 14.5. The predicted molar refractivity (Wildman–Crippen MR) is 456 cm³/mol. The van der Waals surface area contributed by atoms with E-state index >= 15 is 0 Å². The van der Waals surface area contributed by atoms with Crippen molar-refractivity contribution in [3.8, 4) is 0 Å². The molecule has 5 aromatic heterocycles. The Labute approximate surface area is 633 Å². The quantitative estimate of drug-likeness (QED) is 0.0302. The fourth-order valence-electron chi connectivity index (χ4n) is 9.99. The Kier molecular flexibility index (Phi) is 33.7. The first kappa shape index (κ1) is 81.3. The second-order valence-electron chi connectivity index (χ2n) is 24.8. The Morgan fingerprint density at radius 2 is 0.683 bits per heavy atom. The summed E-state index contributed by atoms with van der Waals surface area (Å²) in [6.07, 6.45) is 13.1. The second-order valence-corrected chi connectivity index (χ2v) is 30.0. The number of aromatic nitrogens is 5. The molecule has 0 aliphatic rings. The number of para-hydroxylation sites is 5. The molecule has 1 amide bonds. The van der Waals surface area contributed by atoms with Gasteiger partial charge in [0, 0.05) is 43.9 Å². The van der Waals surface area contributed by atoms with Crippen molar-refractivity contribution < 1.29 is 4.79 Å². The number of fused-ring (bicyclic) bond motifs is 5. The van der Waals surface area contributed by atoms with Crippen LogP contribution in [0.15, 0.2) is 194 Å². The van der Waals surface area contributed by atoms with Crippen LogP contribution in [-0.4, -0.2) is 68.3 Å². The van der Waals surface area contributed by atoms with Gasteiger partial charge in [0.25, 0.3) is 0 Å². The van der Waals surface area contributed by atoms with Crippen LogP contribution in [0.4, 0.5) is 25.7 Å². The lowest BCUT2D eigenvalue weighted by molar-refractivity contribution is -0.116. The highest BCUT2D eigenvalue weighted by Crippen LogP contribution is 2.33. The van der Waals surface area contributed by atoms with E-state index < -0.39 is 0 Å². The molecule has 104 heavy (non-hydrogen) atoms. The number of unbranched alkanes of at least 4 members (excludes halogenated alkanes) is 2. The van der Waals surface area contributed by atoms with Crippen LogP contribution in [-0.2, 0) is 4.79 Å². The average molecular weight is 1480 g/mol. The maximum absolute atomic E-state index is 11.3. The van der Waals surface area contributed by atoms with Crippen LogP contribution in [0.5, 0.6) is 0 Å². The smallest absolute Gasteiger partial charge is 0.226 e. The maximum Gasteiger partial charge on any atom is 0.226 e. The normalized spacial score (nSPS) is 10.6. The van der Waals surface area contributed by atoms with Crippen molar-refractivity contribution >= 4 is 164 Å². The van der Waals surface area contributed by atoms with Gasteiger partial charge in [0.15, 0.2) is 25.7 Å². The molecule has 14 rings (SSSR count). The van der Waals surface area contributed by atoms with Crippen molar-refractivity contribution in [1.29, 1.82) is 21.6 Å². The molecule has 9 aromatic carbocycles. The molecular weight excluding hydrogens is 1380 g/mol. The zero-order valence-electron chi connectivity index (χ0n) is 61.7. The van der Waals surface area contributed by atoms with Crippen molar-refractivity contribution in [2.45, 2.75) is 134 Å². The topological polar surface area (TPSA) is 225 Å². The number of nitrogens with zero attached hydrogens (tertiary/aromatic N) is 5. The summed E-state index contributed by atoms with van der Waals surface area (Å²) in [7, 11) is 0. The number of aryl methyl sites for hydroxylation is 8. The Bertz CT molecular complexity index is 4570. The zero-order valence-corrected chi connectivity index (χ0v) is 65.8. The van der Waals surface area contributed by atoms with Crippen molar-refractivity contribution in [3.63, 3.8) is 0 Å². The van der Waals surface area contributed by atoms with E-state index in [1.165, 1.54) is 132 Å². The van der Waals surface area contributed by atoms with Gasteiger partial charge >= 0.3 is 0 Å².